The summed E-state index contributed by atoms with van der Waals surface area (Å²) in [5, 5.41) is 2.39. The van der Waals surface area contributed by atoms with Crippen LogP contribution in [0.1, 0.15) is 12.5 Å². The lowest BCUT2D eigenvalue weighted by atomic mass is 10.2. The van der Waals surface area contributed by atoms with Crippen molar-refractivity contribution in [3.05, 3.63) is 35.9 Å². The topological polar surface area (TPSA) is 29.1 Å². The molecule has 2 nitrogen and oxygen atoms in total. The van der Waals surface area contributed by atoms with Crippen LogP contribution in [-0.2, 0) is 4.79 Å². The van der Waals surface area contributed by atoms with E-state index in [0.717, 1.165) is 5.56 Å². The maximum atomic E-state index is 10.4. The third-order valence-corrected chi connectivity index (χ3v) is 1.22. The maximum absolute atomic E-state index is 10.4. The molecule has 60 valence electrons. The fraction of sp³-hybridized carbons (Fsp3) is 0.100. The summed E-state index contributed by atoms with van der Waals surface area (Å²) in [6.45, 7) is 1.43. The molecular formula is C10H9NO. The Hall–Kier alpha value is -1.75. The van der Waals surface area contributed by atoms with E-state index < -0.39 is 0 Å². The van der Waals surface area contributed by atoms with Crippen LogP contribution < -0.4 is 5.32 Å². The van der Waals surface area contributed by atoms with Gasteiger partial charge in [-0.05, 0) is 18.1 Å². The second kappa shape index (κ2) is 4.20. The van der Waals surface area contributed by atoms with Crippen molar-refractivity contribution in [3.63, 3.8) is 0 Å². The van der Waals surface area contributed by atoms with E-state index >= 15 is 0 Å². The highest BCUT2D eigenvalue weighted by atomic mass is 16.1. The zero-order valence-electron chi connectivity index (χ0n) is 6.79. The third kappa shape index (κ3) is 2.89. The lowest BCUT2D eigenvalue weighted by molar-refractivity contribution is -0.117. The predicted octanol–water partition coefficient (Wildman–Crippen LogP) is 1.13. The van der Waals surface area contributed by atoms with Crippen molar-refractivity contribution in [2.75, 3.05) is 0 Å². The summed E-state index contributed by atoms with van der Waals surface area (Å²) < 4.78 is 0. The van der Waals surface area contributed by atoms with Gasteiger partial charge in [0.1, 0.15) is 0 Å². The summed E-state index contributed by atoms with van der Waals surface area (Å²) >= 11 is 0. The van der Waals surface area contributed by atoms with Crippen LogP contribution in [0.25, 0.3) is 0 Å². The first kappa shape index (κ1) is 8.35. The van der Waals surface area contributed by atoms with Crippen molar-refractivity contribution < 1.29 is 4.79 Å². The van der Waals surface area contributed by atoms with Crippen LogP contribution in [0, 0.1) is 12.0 Å². The summed E-state index contributed by atoms with van der Waals surface area (Å²) in [4.78, 5) is 10.4. The van der Waals surface area contributed by atoms with E-state index in [-0.39, 0.29) is 5.91 Å². The first-order valence-corrected chi connectivity index (χ1v) is 3.61. The average molecular weight is 159 g/mol. The molecular weight excluding hydrogens is 150 g/mol. The molecule has 1 aromatic carbocycles. The maximum Gasteiger partial charge on any atom is 0.228 e. The smallest absolute Gasteiger partial charge is 0.228 e. The Morgan fingerprint density at radius 1 is 1.33 bits per heavy atom. The Labute approximate surface area is 71.6 Å². The van der Waals surface area contributed by atoms with Crippen molar-refractivity contribution in [3.8, 4) is 12.0 Å². The molecule has 0 spiro atoms. The highest BCUT2D eigenvalue weighted by Crippen LogP contribution is 1.93. The molecule has 0 unspecified atom stereocenters. The molecule has 0 bridgehead atoms. The zero-order chi connectivity index (χ0) is 8.81. The minimum atomic E-state index is -0.140. The molecule has 0 saturated carbocycles. The minimum absolute atomic E-state index is 0.140. The molecule has 2 heteroatoms. The molecule has 0 saturated heterocycles. The number of hydrogen-bond donors (Lipinski definition) is 1. The van der Waals surface area contributed by atoms with Crippen LogP contribution in [0.2, 0.25) is 0 Å². The molecule has 0 aliphatic rings. The monoisotopic (exact) mass is 159 g/mol. The second-order valence-electron chi connectivity index (χ2n) is 2.30. The number of benzene rings is 1. The highest BCUT2D eigenvalue weighted by molar-refractivity contribution is 5.74. The van der Waals surface area contributed by atoms with Gasteiger partial charge in [-0.1, -0.05) is 18.2 Å². The molecule has 1 rings (SSSR count). The van der Waals surface area contributed by atoms with Gasteiger partial charge in [-0.25, -0.2) is 0 Å². The summed E-state index contributed by atoms with van der Waals surface area (Å²) in [6.07, 6.45) is 0. The molecule has 0 aliphatic heterocycles. The first-order valence-electron chi connectivity index (χ1n) is 3.61. The van der Waals surface area contributed by atoms with Gasteiger partial charge in [-0.15, -0.1) is 0 Å². The van der Waals surface area contributed by atoms with Gasteiger partial charge in [0.25, 0.3) is 0 Å². The van der Waals surface area contributed by atoms with Gasteiger partial charge < -0.3 is 0 Å². The van der Waals surface area contributed by atoms with E-state index in [1.165, 1.54) is 6.92 Å². The molecule has 0 aliphatic carbocycles. The molecule has 0 radical (unpaired) electrons. The van der Waals surface area contributed by atoms with Gasteiger partial charge in [0, 0.05) is 18.5 Å². The number of rotatable bonds is 0. The third-order valence-electron chi connectivity index (χ3n) is 1.22. The zero-order valence-corrected chi connectivity index (χ0v) is 6.79. The Morgan fingerprint density at radius 2 is 2.00 bits per heavy atom. The molecule has 0 fully saturated rings. The predicted molar refractivity (Wildman–Crippen MR) is 47.1 cm³/mol. The molecule has 1 amide bonds. The van der Waals surface area contributed by atoms with Crippen LogP contribution in [0.5, 0.6) is 0 Å². The quantitative estimate of drug-likeness (QED) is 0.446. The number of carbonyl (C=O) groups excluding carboxylic acids is 1. The molecule has 0 aromatic heterocycles. The van der Waals surface area contributed by atoms with Gasteiger partial charge in [0.15, 0.2) is 0 Å². The largest absolute Gasteiger partial charge is 0.285 e. The summed E-state index contributed by atoms with van der Waals surface area (Å²) in [7, 11) is 0. The highest BCUT2D eigenvalue weighted by Gasteiger charge is 1.82. The van der Waals surface area contributed by atoms with Crippen LogP contribution in [0.4, 0.5) is 0 Å². The fourth-order valence-corrected chi connectivity index (χ4v) is 0.713. The van der Waals surface area contributed by atoms with Gasteiger partial charge in [0.2, 0.25) is 5.91 Å². The molecule has 0 atom stereocenters. The minimum Gasteiger partial charge on any atom is -0.285 e. The van der Waals surface area contributed by atoms with Crippen LogP contribution in [-0.4, -0.2) is 5.91 Å². The van der Waals surface area contributed by atoms with E-state index in [2.05, 4.69) is 17.3 Å². The van der Waals surface area contributed by atoms with Gasteiger partial charge >= 0.3 is 0 Å². The lowest BCUT2D eigenvalue weighted by Crippen LogP contribution is -2.11. The van der Waals surface area contributed by atoms with Crippen molar-refractivity contribution in [1.82, 2.24) is 5.32 Å². The number of carbonyl (C=O) groups is 1. The molecule has 1 aromatic rings. The second-order valence-corrected chi connectivity index (χ2v) is 2.30. The van der Waals surface area contributed by atoms with E-state index in [0.29, 0.717) is 0 Å². The fourth-order valence-electron chi connectivity index (χ4n) is 0.713. The van der Waals surface area contributed by atoms with Gasteiger partial charge in [0.05, 0.1) is 0 Å². The van der Waals surface area contributed by atoms with Crippen LogP contribution in [0.3, 0.4) is 0 Å². The van der Waals surface area contributed by atoms with Crippen LogP contribution >= 0.6 is 0 Å². The number of hydrogen-bond acceptors (Lipinski definition) is 1. The Morgan fingerprint density at radius 3 is 2.58 bits per heavy atom. The van der Waals surface area contributed by atoms with Gasteiger partial charge in [-0.2, -0.15) is 0 Å². The SMILES string of the molecule is CC(=O)NC#Cc1ccccc1. The van der Waals surface area contributed by atoms with Crippen molar-refractivity contribution >= 4 is 5.91 Å². The first-order chi connectivity index (χ1) is 5.79. The number of amides is 1. The van der Waals surface area contributed by atoms with E-state index in [1.807, 2.05) is 30.3 Å². The van der Waals surface area contributed by atoms with Crippen LogP contribution in [0.15, 0.2) is 30.3 Å². The Balaban J connectivity index is 2.61. The molecule has 1 N–H and O–H groups in total. The van der Waals surface area contributed by atoms with Crippen molar-refractivity contribution in [2.24, 2.45) is 0 Å². The van der Waals surface area contributed by atoms with E-state index in [9.17, 15) is 4.79 Å². The Kier molecular flexibility index (Phi) is 2.92. The Bertz CT molecular complexity index is 319. The summed E-state index contributed by atoms with van der Waals surface area (Å²) in [6, 6.07) is 12.0. The summed E-state index contributed by atoms with van der Waals surface area (Å²) in [5.74, 6) is 2.65. The van der Waals surface area contributed by atoms with Crippen molar-refractivity contribution in [1.29, 1.82) is 0 Å². The van der Waals surface area contributed by atoms with E-state index in [4.69, 9.17) is 0 Å². The molecule has 0 heterocycles. The van der Waals surface area contributed by atoms with E-state index in [1.54, 1.807) is 0 Å². The summed E-state index contributed by atoms with van der Waals surface area (Å²) in [5.41, 5.74) is 0.895. The standard InChI is InChI=1S/C10H9NO/c1-9(12)11-8-7-10-5-3-2-4-6-10/h2-6H,1H3,(H,11,12). The van der Waals surface area contributed by atoms with Gasteiger partial charge in [-0.3, -0.25) is 10.1 Å². The normalized spacial score (nSPS) is 8.08. The van der Waals surface area contributed by atoms with Crippen molar-refractivity contribution in [2.45, 2.75) is 6.92 Å². The lowest BCUT2D eigenvalue weighted by Gasteiger charge is -1.87. The number of nitrogens with one attached hydrogen (secondary N) is 1. The molecule has 12 heavy (non-hydrogen) atoms. The average Bonchev–Trinajstić information content (AvgIpc) is 2.05.